The van der Waals surface area contributed by atoms with Gasteiger partial charge in [0.25, 0.3) is 5.91 Å². The summed E-state index contributed by atoms with van der Waals surface area (Å²) < 4.78 is 19.9. The number of carbonyl (C=O) groups excluding carboxylic acids is 1. The molecule has 0 bridgehead atoms. The SMILES string of the molecule is COc1ccccc1NC(=O)C1=C(C)Nc2nc(SCc3ccccc3Cl)nn2C1c1cc(Br)c(OCc2ccc(Cl)cc2)c(OC)c1. The maximum absolute atomic E-state index is 14.2. The summed E-state index contributed by atoms with van der Waals surface area (Å²) in [5.74, 6) is 2.26. The molecule has 0 fully saturated rings. The standard InChI is InChI=1S/C35H30BrCl2N5O4S/c1-20-30(33(44)40-27-10-6-7-11-28(27)45-2)31(43-34(39-20)41-35(42-43)48-19-22-8-4-5-9-26(22)38)23-16-25(36)32(29(17-23)46-3)47-18-21-12-14-24(37)15-13-21/h4-17,31H,18-19H2,1-3H3,(H,40,44)(H,39,41,42). The van der Waals surface area contributed by atoms with Gasteiger partial charge in [0.05, 0.1) is 30.0 Å². The molecule has 1 amide bonds. The molecule has 48 heavy (non-hydrogen) atoms. The van der Waals surface area contributed by atoms with Gasteiger partial charge in [0.1, 0.15) is 18.4 Å². The molecule has 5 aromatic rings. The second kappa shape index (κ2) is 14.9. The van der Waals surface area contributed by atoms with Gasteiger partial charge in [-0.3, -0.25) is 4.79 Å². The van der Waals surface area contributed by atoms with Gasteiger partial charge >= 0.3 is 0 Å². The van der Waals surface area contributed by atoms with Crippen molar-refractivity contribution in [1.82, 2.24) is 14.8 Å². The zero-order valence-corrected chi connectivity index (χ0v) is 30.0. The van der Waals surface area contributed by atoms with Gasteiger partial charge in [-0.05, 0) is 82.0 Å². The lowest BCUT2D eigenvalue weighted by Crippen LogP contribution is -2.31. The number of thioether (sulfide) groups is 1. The predicted octanol–water partition coefficient (Wildman–Crippen LogP) is 9.16. The molecule has 1 aliphatic rings. The topological polar surface area (TPSA) is 99.5 Å². The molecular formula is C35H30BrCl2N5O4S. The van der Waals surface area contributed by atoms with E-state index in [4.69, 9.17) is 47.5 Å². The third kappa shape index (κ3) is 7.29. The van der Waals surface area contributed by atoms with Gasteiger partial charge in [0, 0.05) is 21.5 Å². The minimum absolute atomic E-state index is 0.295. The molecule has 9 nitrogen and oxygen atoms in total. The van der Waals surface area contributed by atoms with E-state index in [0.29, 0.717) is 72.2 Å². The maximum atomic E-state index is 14.2. The smallest absolute Gasteiger partial charge is 0.255 e. The van der Waals surface area contributed by atoms with Gasteiger partial charge in [0.2, 0.25) is 11.1 Å². The second-order valence-electron chi connectivity index (χ2n) is 10.7. The number of hydrogen-bond donors (Lipinski definition) is 2. The molecule has 1 atom stereocenters. The Hall–Kier alpha value is -4.16. The number of aromatic nitrogens is 3. The number of nitrogens with zero attached hydrogens (tertiary/aromatic N) is 3. The maximum Gasteiger partial charge on any atom is 0.255 e. The van der Waals surface area contributed by atoms with Gasteiger partial charge in [-0.15, -0.1) is 5.10 Å². The van der Waals surface area contributed by atoms with E-state index in [-0.39, 0.29) is 5.91 Å². The summed E-state index contributed by atoms with van der Waals surface area (Å²) in [7, 11) is 3.13. The molecule has 1 aromatic heterocycles. The molecule has 2 N–H and O–H groups in total. The van der Waals surface area contributed by atoms with E-state index in [2.05, 4.69) is 26.6 Å². The van der Waals surface area contributed by atoms with E-state index in [0.717, 1.165) is 16.7 Å². The molecule has 0 saturated heterocycles. The fourth-order valence-electron chi connectivity index (χ4n) is 5.26. The lowest BCUT2D eigenvalue weighted by molar-refractivity contribution is -0.113. The van der Waals surface area contributed by atoms with E-state index in [9.17, 15) is 4.79 Å². The molecular weight excluding hydrogens is 737 g/mol. The summed E-state index contributed by atoms with van der Waals surface area (Å²) in [6.07, 6.45) is 0. The van der Waals surface area contributed by atoms with Crippen molar-refractivity contribution >= 4 is 68.4 Å². The van der Waals surface area contributed by atoms with E-state index in [1.54, 1.807) is 31.0 Å². The molecule has 0 spiro atoms. The van der Waals surface area contributed by atoms with Crippen molar-refractivity contribution in [3.63, 3.8) is 0 Å². The molecule has 246 valence electrons. The van der Waals surface area contributed by atoms with E-state index >= 15 is 0 Å². The zero-order valence-electron chi connectivity index (χ0n) is 26.1. The predicted molar refractivity (Wildman–Crippen MR) is 194 cm³/mol. The molecule has 0 radical (unpaired) electrons. The number of hydrogen-bond acceptors (Lipinski definition) is 8. The Morgan fingerprint density at radius 1 is 1.00 bits per heavy atom. The van der Waals surface area contributed by atoms with Crippen molar-refractivity contribution in [2.45, 2.75) is 30.5 Å². The molecule has 1 aliphatic heterocycles. The number of fused-ring (bicyclic) bond motifs is 1. The van der Waals surface area contributed by atoms with Crippen LogP contribution in [0.3, 0.4) is 0 Å². The Balaban J connectivity index is 1.38. The fourth-order valence-corrected chi connectivity index (χ4v) is 7.08. The zero-order chi connectivity index (χ0) is 33.8. The fraction of sp³-hybridized carbons (Fsp3) is 0.171. The summed E-state index contributed by atoms with van der Waals surface area (Å²) in [6, 6.07) is 25.4. The first-order chi connectivity index (χ1) is 23.2. The van der Waals surface area contributed by atoms with Gasteiger partial charge in [-0.25, -0.2) is 4.68 Å². The molecule has 0 saturated carbocycles. The molecule has 1 unspecified atom stereocenters. The van der Waals surface area contributed by atoms with Crippen LogP contribution in [0.5, 0.6) is 17.2 Å². The third-order valence-corrected chi connectivity index (χ3v) is 9.71. The third-order valence-electron chi connectivity index (χ3n) is 7.61. The summed E-state index contributed by atoms with van der Waals surface area (Å²) in [4.78, 5) is 18.9. The van der Waals surface area contributed by atoms with Crippen molar-refractivity contribution < 1.29 is 19.0 Å². The lowest BCUT2D eigenvalue weighted by atomic mass is 9.94. The number of amides is 1. The number of methoxy groups -OCH3 is 2. The number of halogens is 3. The minimum Gasteiger partial charge on any atom is -0.495 e. The van der Waals surface area contributed by atoms with Crippen LogP contribution in [0.15, 0.2) is 106 Å². The normalized spacial score (nSPS) is 13.8. The molecule has 13 heteroatoms. The Labute approximate surface area is 300 Å². The van der Waals surface area contributed by atoms with Crippen LogP contribution in [0, 0.1) is 0 Å². The first kappa shape index (κ1) is 33.7. The summed E-state index contributed by atoms with van der Waals surface area (Å²) in [5.41, 5.74) is 4.22. The summed E-state index contributed by atoms with van der Waals surface area (Å²) in [5, 5.41) is 13.0. The van der Waals surface area contributed by atoms with Crippen LogP contribution in [-0.2, 0) is 17.2 Å². The van der Waals surface area contributed by atoms with Crippen LogP contribution in [-0.4, -0.2) is 34.9 Å². The van der Waals surface area contributed by atoms with Crippen LogP contribution in [0.1, 0.15) is 29.7 Å². The van der Waals surface area contributed by atoms with E-state index < -0.39 is 6.04 Å². The van der Waals surface area contributed by atoms with Gasteiger partial charge in [0.15, 0.2) is 11.5 Å². The highest BCUT2D eigenvalue weighted by molar-refractivity contribution is 9.10. The average Bonchev–Trinajstić information content (AvgIpc) is 3.49. The van der Waals surface area contributed by atoms with Crippen LogP contribution in [0.2, 0.25) is 10.0 Å². The number of nitrogens with one attached hydrogen (secondary N) is 2. The molecule has 2 heterocycles. The number of rotatable bonds is 11. The Bertz CT molecular complexity index is 2000. The van der Waals surface area contributed by atoms with Crippen LogP contribution in [0.4, 0.5) is 11.6 Å². The second-order valence-corrected chi connectivity index (χ2v) is 13.4. The van der Waals surface area contributed by atoms with Crippen molar-refractivity contribution in [2.75, 3.05) is 24.9 Å². The number of benzene rings is 4. The highest BCUT2D eigenvalue weighted by Gasteiger charge is 2.36. The number of carbonyl (C=O) groups is 1. The quantitative estimate of drug-likeness (QED) is 0.129. The number of para-hydroxylation sites is 2. The van der Waals surface area contributed by atoms with Crippen molar-refractivity contribution in [3.05, 3.63) is 127 Å². The summed E-state index contributed by atoms with van der Waals surface area (Å²) >= 11 is 17.6. The van der Waals surface area contributed by atoms with Gasteiger partial charge in [-0.2, -0.15) is 4.98 Å². The number of anilines is 2. The number of allylic oxidation sites excluding steroid dienone is 1. The molecule has 0 aliphatic carbocycles. The highest BCUT2D eigenvalue weighted by Crippen LogP contribution is 2.44. The highest BCUT2D eigenvalue weighted by atomic mass is 79.9. The monoisotopic (exact) mass is 765 g/mol. The Morgan fingerprint density at radius 2 is 1.73 bits per heavy atom. The largest absolute Gasteiger partial charge is 0.495 e. The first-order valence-corrected chi connectivity index (χ1v) is 17.3. The lowest BCUT2D eigenvalue weighted by Gasteiger charge is -2.29. The Kier molecular flexibility index (Phi) is 10.5. The number of ether oxygens (including phenoxy) is 3. The van der Waals surface area contributed by atoms with Crippen molar-refractivity contribution in [1.29, 1.82) is 0 Å². The summed E-state index contributed by atoms with van der Waals surface area (Å²) in [6.45, 7) is 2.14. The van der Waals surface area contributed by atoms with Gasteiger partial charge in [-0.1, -0.05) is 77.4 Å². The molecule has 4 aromatic carbocycles. The Morgan fingerprint density at radius 3 is 2.48 bits per heavy atom. The molecule has 6 rings (SSSR count). The van der Waals surface area contributed by atoms with Crippen LogP contribution >= 0.6 is 50.9 Å². The van der Waals surface area contributed by atoms with E-state index in [1.807, 2.05) is 79.7 Å². The minimum atomic E-state index is -0.686. The average molecular weight is 768 g/mol. The van der Waals surface area contributed by atoms with E-state index in [1.165, 1.54) is 11.8 Å². The van der Waals surface area contributed by atoms with Crippen LogP contribution < -0.4 is 24.8 Å². The van der Waals surface area contributed by atoms with Crippen molar-refractivity contribution in [2.24, 2.45) is 0 Å². The van der Waals surface area contributed by atoms with Gasteiger partial charge < -0.3 is 24.8 Å². The van der Waals surface area contributed by atoms with Crippen molar-refractivity contribution in [3.8, 4) is 17.2 Å². The first-order valence-electron chi connectivity index (χ1n) is 14.7. The van der Waals surface area contributed by atoms with Crippen LogP contribution in [0.25, 0.3) is 0 Å².